The molecule has 0 radical (unpaired) electrons. The monoisotopic (exact) mass is 263 g/mol. The van der Waals surface area contributed by atoms with Crippen molar-refractivity contribution >= 4 is 11.7 Å². The molecule has 19 heavy (non-hydrogen) atoms. The number of hydrogen-bond acceptors (Lipinski definition) is 4. The van der Waals surface area contributed by atoms with Gasteiger partial charge in [0.25, 0.3) is 0 Å². The van der Waals surface area contributed by atoms with E-state index in [0.717, 1.165) is 25.7 Å². The van der Waals surface area contributed by atoms with Gasteiger partial charge in [-0.05, 0) is 37.3 Å². The summed E-state index contributed by atoms with van der Waals surface area (Å²) in [5.41, 5.74) is 6.15. The van der Waals surface area contributed by atoms with Crippen molar-refractivity contribution in [2.24, 2.45) is 5.92 Å². The number of esters is 1. The summed E-state index contributed by atoms with van der Waals surface area (Å²) < 4.78 is 5.49. The summed E-state index contributed by atoms with van der Waals surface area (Å²) in [7, 11) is 0. The second kappa shape index (κ2) is 5.95. The number of aromatic hydroxyl groups is 1. The van der Waals surface area contributed by atoms with Gasteiger partial charge < -0.3 is 15.6 Å². The molecule has 0 aliphatic heterocycles. The third kappa shape index (κ3) is 3.40. The summed E-state index contributed by atoms with van der Waals surface area (Å²) in [5, 5.41) is 9.71. The SMILES string of the molecule is CCC1CCCC(OC(=O)c2ccc(N)cc2O)C1. The molecule has 2 atom stereocenters. The van der Waals surface area contributed by atoms with Crippen LogP contribution in [0.2, 0.25) is 0 Å². The summed E-state index contributed by atoms with van der Waals surface area (Å²) in [6, 6.07) is 4.46. The Morgan fingerprint density at radius 3 is 2.95 bits per heavy atom. The molecule has 0 heterocycles. The van der Waals surface area contributed by atoms with E-state index in [4.69, 9.17) is 10.5 Å². The number of benzene rings is 1. The van der Waals surface area contributed by atoms with Crippen LogP contribution in [0.3, 0.4) is 0 Å². The van der Waals surface area contributed by atoms with Crippen LogP contribution in [0.5, 0.6) is 5.75 Å². The van der Waals surface area contributed by atoms with E-state index in [-0.39, 0.29) is 17.4 Å². The Kier molecular flexibility index (Phi) is 4.30. The van der Waals surface area contributed by atoms with Gasteiger partial charge in [0.1, 0.15) is 17.4 Å². The summed E-state index contributed by atoms with van der Waals surface area (Å²) in [5.74, 6) is 0.0682. The molecular weight excluding hydrogens is 242 g/mol. The van der Waals surface area contributed by atoms with Gasteiger partial charge in [0, 0.05) is 11.8 Å². The Hall–Kier alpha value is -1.71. The largest absolute Gasteiger partial charge is 0.507 e. The van der Waals surface area contributed by atoms with Crippen LogP contribution in [0.4, 0.5) is 5.69 Å². The quantitative estimate of drug-likeness (QED) is 0.649. The molecule has 1 aliphatic rings. The molecule has 0 saturated heterocycles. The maximum Gasteiger partial charge on any atom is 0.342 e. The van der Waals surface area contributed by atoms with E-state index in [1.165, 1.54) is 18.6 Å². The van der Waals surface area contributed by atoms with Crippen LogP contribution in [-0.2, 0) is 4.74 Å². The van der Waals surface area contributed by atoms with Crippen molar-refractivity contribution in [3.05, 3.63) is 23.8 Å². The van der Waals surface area contributed by atoms with Crippen LogP contribution in [0.25, 0.3) is 0 Å². The highest BCUT2D eigenvalue weighted by Crippen LogP contribution is 2.30. The number of nitrogen functional groups attached to an aromatic ring is 1. The molecule has 1 aliphatic carbocycles. The minimum absolute atomic E-state index is 0.0249. The summed E-state index contributed by atoms with van der Waals surface area (Å²) >= 11 is 0. The van der Waals surface area contributed by atoms with Gasteiger partial charge in [0.05, 0.1) is 0 Å². The van der Waals surface area contributed by atoms with E-state index in [1.807, 2.05) is 0 Å². The van der Waals surface area contributed by atoms with Crippen molar-refractivity contribution in [3.63, 3.8) is 0 Å². The first-order valence-corrected chi connectivity index (χ1v) is 6.89. The third-order valence-electron chi connectivity index (χ3n) is 3.83. The van der Waals surface area contributed by atoms with E-state index >= 15 is 0 Å². The Balaban J connectivity index is 2.00. The standard InChI is InChI=1S/C15H21NO3/c1-2-10-4-3-5-12(8-10)19-15(18)13-7-6-11(16)9-14(13)17/h6-7,9-10,12,17H,2-5,8,16H2,1H3. The first kappa shape index (κ1) is 13.7. The van der Waals surface area contributed by atoms with Crippen molar-refractivity contribution in [2.45, 2.75) is 45.1 Å². The normalized spacial score (nSPS) is 23.0. The fourth-order valence-corrected chi connectivity index (χ4v) is 2.66. The van der Waals surface area contributed by atoms with Crippen LogP contribution in [0, 0.1) is 5.92 Å². The smallest absolute Gasteiger partial charge is 0.342 e. The number of anilines is 1. The Bertz CT molecular complexity index is 459. The lowest BCUT2D eigenvalue weighted by atomic mass is 9.85. The minimum atomic E-state index is -0.459. The van der Waals surface area contributed by atoms with Crippen LogP contribution in [0.15, 0.2) is 18.2 Å². The number of phenols is 1. The Morgan fingerprint density at radius 2 is 2.26 bits per heavy atom. The molecule has 0 bridgehead atoms. The summed E-state index contributed by atoms with van der Waals surface area (Å²) in [6.45, 7) is 2.17. The number of hydrogen-bond donors (Lipinski definition) is 2. The van der Waals surface area contributed by atoms with Crippen molar-refractivity contribution in [1.29, 1.82) is 0 Å². The predicted octanol–water partition coefficient (Wildman–Crippen LogP) is 3.10. The maximum atomic E-state index is 12.0. The lowest BCUT2D eigenvalue weighted by Crippen LogP contribution is -2.25. The van der Waals surface area contributed by atoms with Gasteiger partial charge in [-0.1, -0.05) is 19.8 Å². The van der Waals surface area contributed by atoms with Gasteiger partial charge >= 0.3 is 5.97 Å². The van der Waals surface area contributed by atoms with Gasteiger partial charge in [0.15, 0.2) is 0 Å². The molecule has 104 valence electrons. The Labute approximate surface area is 113 Å². The molecule has 0 amide bonds. The average Bonchev–Trinajstić information content (AvgIpc) is 2.38. The first-order valence-electron chi connectivity index (χ1n) is 6.89. The van der Waals surface area contributed by atoms with E-state index in [2.05, 4.69) is 6.92 Å². The van der Waals surface area contributed by atoms with E-state index in [0.29, 0.717) is 11.6 Å². The zero-order chi connectivity index (χ0) is 13.8. The zero-order valence-corrected chi connectivity index (χ0v) is 11.3. The molecule has 1 saturated carbocycles. The number of nitrogens with two attached hydrogens (primary N) is 1. The first-order chi connectivity index (χ1) is 9.10. The molecular formula is C15H21NO3. The van der Waals surface area contributed by atoms with Crippen molar-refractivity contribution in [3.8, 4) is 5.75 Å². The van der Waals surface area contributed by atoms with E-state index in [9.17, 15) is 9.90 Å². The summed E-state index contributed by atoms with van der Waals surface area (Å²) in [6.07, 6.45) is 5.27. The number of ether oxygens (including phenoxy) is 1. The van der Waals surface area contributed by atoms with Crippen molar-refractivity contribution in [1.82, 2.24) is 0 Å². The van der Waals surface area contributed by atoms with E-state index < -0.39 is 5.97 Å². The molecule has 1 aromatic rings. The molecule has 1 fully saturated rings. The average molecular weight is 263 g/mol. The zero-order valence-electron chi connectivity index (χ0n) is 11.3. The molecule has 0 spiro atoms. The molecule has 2 rings (SSSR count). The maximum absolute atomic E-state index is 12.0. The van der Waals surface area contributed by atoms with Crippen LogP contribution in [-0.4, -0.2) is 17.2 Å². The highest BCUT2D eigenvalue weighted by atomic mass is 16.5. The van der Waals surface area contributed by atoms with Gasteiger partial charge in [-0.15, -0.1) is 0 Å². The molecule has 2 unspecified atom stereocenters. The number of carbonyl (C=O) groups is 1. The molecule has 4 nitrogen and oxygen atoms in total. The lowest BCUT2D eigenvalue weighted by Gasteiger charge is -2.28. The third-order valence-corrected chi connectivity index (χ3v) is 3.83. The Morgan fingerprint density at radius 1 is 1.47 bits per heavy atom. The topological polar surface area (TPSA) is 72.5 Å². The fourth-order valence-electron chi connectivity index (χ4n) is 2.66. The summed E-state index contributed by atoms with van der Waals surface area (Å²) in [4.78, 5) is 12.0. The van der Waals surface area contributed by atoms with Crippen molar-refractivity contribution in [2.75, 3.05) is 5.73 Å². The van der Waals surface area contributed by atoms with Gasteiger partial charge in [-0.2, -0.15) is 0 Å². The van der Waals surface area contributed by atoms with Crippen LogP contribution < -0.4 is 5.73 Å². The molecule has 4 heteroatoms. The van der Waals surface area contributed by atoms with E-state index in [1.54, 1.807) is 6.07 Å². The molecule has 0 aromatic heterocycles. The number of carbonyl (C=O) groups excluding carboxylic acids is 1. The van der Waals surface area contributed by atoms with Gasteiger partial charge in [0.2, 0.25) is 0 Å². The van der Waals surface area contributed by atoms with Crippen molar-refractivity contribution < 1.29 is 14.6 Å². The second-order valence-electron chi connectivity index (χ2n) is 5.24. The number of phenolic OH excluding ortho intramolecular Hbond substituents is 1. The van der Waals surface area contributed by atoms with Gasteiger partial charge in [-0.3, -0.25) is 0 Å². The minimum Gasteiger partial charge on any atom is -0.507 e. The molecule has 1 aromatic carbocycles. The van der Waals surface area contributed by atoms with Gasteiger partial charge in [-0.25, -0.2) is 4.79 Å². The van der Waals surface area contributed by atoms with Crippen LogP contribution >= 0.6 is 0 Å². The van der Waals surface area contributed by atoms with Crippen LogP contribution in [0.1, 0.15) is 49.4 Å². The lowest BCUT2D eigenvalue weighted by molar-refractivity contribution is 0.0137. The highest BCUT2D eigenvalue weighted by Gasteiger charge is 2.25. The fraction of sp³-hybridized carbons (Fsp3) is 0.533. The highest BCUT2D eigenvalue weighted by molar-refractivity contribution is 5.93. The second-order valence-corrected chi connectivity index (χ2v) is 5.24. The molecule has 3 N–H and O–H groups in total. The number of rotatable bonds is 3. The predicted molar refractivity (Wildman–Crippen MR) is 74.0 cm³/mol.